The van der Waals surface area contributed by atoms with Crippen molar-refractivity contribution in [2.75, 3.05) is 13.2 Å². The lowest BCUT2D eigenvalue weighted by atomic mass is 10.3. The van der Waals surface area contributed by atoms with Crippen LogP contribution in [0.15, 0.2) is 45.8 Å². The van der Waals surface area contributed by atoms with Crippen molar-refractivity contribution in [1.29, 1.82) is 0 Å². The molecule has 0 saturated carbocycles. The molecule has 1 aliphatic rings. The van der Waals surface area contributed by atoms with Crippen LogP contribution in [0.1, 0.15) is 6.92 Å². The normalized spacial score (nSPS) is 21.7. The van der Waals surface area contributed by atoms with E-state index in [4.69, 9.17) is 4.74 Å². The van der Waals surface area contributed by atoms with Gasteiger partial charge in [0.1, 0.15) is 0 Å². The lowest BCUT2D eigenvalue weighted by Crippen LogP contribution is -2.41. The van der Waals surface area contributed by atoms with E-state index < -0.39 is 0 Å². The summed E-state index contributed by atoms with van der Waals surface area (Å²) in [6.07, 6.45) is 1.34. The summed E-state index contributed by atoms with van der Waals surface area (Å²) in [4.78, 5) is 11.6. The molecule has 0 aliphatic carbocycles. The van der Waals surface area contributed by atoms with Crippen LogP contribution < -0.4 is 4.70 Å². The van der Waals surface area contributed by atoms with Crippen LogP contribution >= 0.6 is 0 Å². The van der Waals surface area contributed by atoms with Gasteiger partial charge in [-0.05, 0) is 16.7 Å². The third kappa shape index (κ3) is 2.36. The minimum absolute atomic E-state index is 0.0118. The summed E-state index contributed by atoms with van der Waals surface area (Å²) < 4.78 is 4.71. The molecule has 0 amide bonds. The van der Waals surface area contributed by atoms with Gasteiger partial charge in [0, 0.05) is 12.1 Å². The average molecular weight is 233 g/mol. The van der Waals surface area contributed by atoms with Crippen LogP contribution in [0.25, 0.3) is 0 Å². The Labute approximate surface area is 98.8 Å². The van der Waals surface area contributed by atoms with Crippen LogP contribution in [0.4, 0.5) is 5.69 Å². The predicted molar refractivity (Wildman–Crippen MR) is 63.1 cm³/mol. The fourth-order valence-corrected chi connectivity index (χ4v) is 1.58. The van der Waals surface area contributed by atoms with Crippen LogP contribution in [0, 0.1) is 0 Å². The van der Waals surface area contributed by atoms with E-state index in [1.807, 2.05) is 30.3 Å². The maximum Gasteiger partial charge on any atom is 0.367 e. The van der Waals surface area contributed by atoms with E-state index >= 15 is 0 Å². The molecule has 17 heavy (non-hydrogen) atoms. The lowest BCUT2D eigenvalue weighted by Gasteiger charge is -2.19. The van der Waals surface area contributed by atoms with Gasteiger partial charge in [-0.25, -0.2) is 4.79 Å². The number of benzene rings is 1. The van der Waals surface area contributed by atoms with Crippen molar-refractivity contribution in [3.8, 4) is 0 Å². The van der Waals surface area contributed by atoms with Gasteiger partial charge in [0.05, 0.1) is 11.8 Å². The zero-order valence-electron chi connectivity index (χ0n) is 9.48. The molecule has 1 heterocycles. The first-order valence-corrected chi connectivity index (χ1v) is 5.32. The number of carbonyl (C=O) groups excluding carboxylic acids is 1. The number of nitrogens with zero attached hydrogens (tertiary/aromatic N) is 4. The number of rotatable bonds is 4. The Morgan fingerprint density at radius 3 is 2.71 bits per heavy atom. The Hall–Kier alpha value is -2.08. The number of hydrogen-bond donors (Lipinski definition) is 0. The molecule has 6 nitrogen and oxygen atoms in total. The van der Waals surface area contributed by atoms with Gasteiger partial charge >= 0.3 is 5.97 Å². The second-order valence-corrected chi connectivity index (χ2v) is 3.46. The van der Waals surface area contributed by atoms with Crippen LogP contribution in [0.2, 0.25) is 0 Å². The van der Waals surface area contributed by atoms with Crippen molar-refractivity contribution in [1.82, 2.24) is 4.70 Å². The van der Waals surface area contributed by atoms with E-state index in [0.717, 1.165) is 5.69 Å². The molecule has 0 spiro atoms. The van der Waals surface area contributed by atoms with E-state index in [1.165, 1.54) is 6.34 Å². The summed E-state index contributed by atoms with van der Waals surface area (Å²) in [6.45, 7) is 2.12. The minimum Gasteiger partial charge on any atom is -0.462 e. The average Bonchev–Trinajstić information content (AvgIpc) is 2.80. The molecule has 0 bridgehead atoms. The van der Waals surface area contributed by atoms with Crippen LogP contribution in [0.5, 0.6) is 0 Å². The van der Waals surface area contributed by atoms with Crippen molar-refractivity contribution in [2.24, 2.45) is 15.4 Å². The van der Waals surface area contributed by atoms with Crippen LogP contribution in [-0.4, -0.2) is 25.5 Å². The molecule has 1 atom stereocenters. The highest BCUT2D eigenvalue weighted by atomic mass is 16.5. The van der Waals surface area contributed by atoms with Gasteiger partial charge in [-0.1, -0.05) is 23.3 Å². The second-order valence-electron chi connectivity index (χ2n) is 3.46. The van der Waals surface area contributed by atoms with Gasteiger partial charge in [-0.2, -0.15) is 0 Å². The number of quaternary nitrogens is 1. The first-order chi connectivity index (χ1) is 8.27. The van der Waals surface area contributed by atoms with E-state index in [2.05, 4.69) is 15.4 Å². The lowest BCUT2D eigenvalue weighted by molar-refractivity contribution is -0.144. The molecule has 0 N–H and O–H groups in total. The first kappa shape index (κ1) is 11.4. The van der Waals surface area contributed by atoms with E-state index in [-0.39, 0.29) is 17.2 Å². The summed E-state index contributed by atoms with van der Waals surface area (Å²) in [6, 6.07) is 9.32. The third-order valence-electron chi connectivity index (χ3n) is 2.32. The monoisotopic (exact) mass is 233 g/mol. The number of para-hydroxylation sites is 1. The molecule has 6 heteroatoms. The maximum absolute atomic E-state index is 11.6. The first-order valence-electron chi connectivity index (χ1n) is 5.32. The van der Waals surface area contributed by atoms with Gasteiger partial charge in [-0.3, -0.25) is 0 Å². The summed E-state index contributed by atoms with van der Waals surface area (Å²) in [7, 11) is 0. The maximum atomic E-state index is 11.6. The molecule has 88 valence electrons. The largest absolute Gasteiger partial charge is 0.462 e. The number of hydrogen-bond acceptors (Lipinski definition) is 5. The fraction of sp³-hybridized carbons (Fsp3) is 0.273. The van der Waals surface area contributed by atoms with Gasteiger partial charge in [0.15, 0.2) is 5.69 Å². The molecular formula is C11H13N4O2+. The molecule has 0 aromatic heterocycles. The van der Waals surface area contributed by atoms with Gasteiger partial charge in [-0.15, -0.1) is 0 Å². The van der Waals surface area contributed by atoms with Crippen molar-refractivity contribution in [3.63, 3.8) is 0 Å². The van der Waals surface area contributed by atoms with Gasteiger partial charge in [0.25, 0.3) is 0 Å². The van der Waals surface area contributed by atoms with Gasteiger partial charge < -0.3 is 4.74 Å². The fourth-order valence-electron chi connectivity index (χ4n) is 1.58. The summed E-state index contributed by atoms with van der Waals surface area (Å²) in [5.41, 5.74) is 0.776. The van der Waals surface area contributed by atoms with Crippen molar-refractivity contribution < 1.29 is 9.53 Å². The molecule has 1 aromatic rings. The molecular weight excluding hydrogens is 220 g/mol. The highest BCUT2D eigenvalue weighted by Gasteiger charge is 2.38. The highest BCUT2D eigenvalue weighted by Crippen LogP contribution is 2.26. The molecule has 1 unspecified atom stereocenters. The topological polar surface area (TPSA) is 63.4 Å². The number of carbonyl (C=O) groups is 1. The summed E-state index contributed by atoms with van der Waals surface area (Å²) in [5.74, 6) is -0.352. The minimum atomic E-state index is -0.352. The molecule has 1 aliphatic heterocycles. The molecule has 0 saturated heterocycles. The summed E-state index contributed by atoms with van der Waals surface area (Å²) in [5, 5.41) is 11.9. The predicted octanol–water partition coefficient (Wildman–Crippen LogP) is 1.88. The Kier molecular flexibility index (Phi) is 3.24. The van der Waals surface area contributed by atoms with E-state index in [0.29, 0.717) is 6.61 Å². The van der Waals surface area contributed by atoms with Crippen molar-refractivity contribution in [3.05, 3.63) is 30.3 Å². The number of esters is 1. The Bertz CT molecular complexity index is 444. The third-order valence-corrected chi connectivity index (χ3v) is 2.32. The van der Waals surface area contributed by atoms with E-state index in [9.17, 15) is 4.79 Å². The smallest absolute Gasteiger partial charge is 0.367 e. The number of ether oxygens (including phenoxy) is 1. The summed E-state index contributed by atoms with van der Waals surface area (Å²) >= 11 is 0. The molecule has 0 fully saturated rings. The van der Waals surface area contributed by atoms with Crippen molar-refractivity contribution in [2.45, 2.75) is 6.92 Å². The molecule has 0 radical (unpaired) electrons. The van der Waals surface area contributed by atoms with Crippen LogP contribution in [0.3, 0.4) is 0 Å². The van der Waals surface area contributed by atoms with E-state index in [1.54, 1.807) is 6.92 Å². The Morgan fingerprint density at radius 1 is 1.35 bits per heavy atom. The Morgan fingerprint density at radius 2 is 2.12 bits per heavy atom. The van der Waals surface area contributed by atoms with Gasteiger partial charge in [0.2, 0.25) is 12.9 Å². The quantitative estimate of drug-likeness (QED) is 0.588. The highest BCUT2D eigenvalue weighted by molar-refractivity contribution is 5.75. The molecule has 1 aromatic carbocycles. The van der Waals surface area contributed by atoms with Crippen LogP contribution in [-0.2, 0) is 9.53 Å². The SMILES string of the molecule is CCOC(=O)C[N+]1(c2ccccc2)N=CN=N1. The standard InChI is InChI=1S/C11H13N4O2/c1-2-17-11(16)8-15(13-9-12-14-15)10-6-4-3-5-7-10/h3-7,9H,2,8H2,1H3/q+1. The zero-order chi connectivity index (χ0) is 12.1. The Balaban J connectivity index is 2.26. The van der Waals surface area contributed by atoms with Crippen molar-refractivity contribution >= 4 is 18.0 Å². The second kappa shape index (κ2) is 4.84. The zero-order valence-corrected chi connectivity index (χ0v) is 9.48. The molecule has 2 rings (SSSR count).